The smallest absolute Gasteiger partial charge is 0.120 e. The molecule has 1 radical (unpaired) electrons. The van der Waals surface area contributed by atoms with E-state index in [2.05, 4.69) is 48.2 Å². The lowest BCUT2D eigenvalue weighted by atomic mass is 10.0. The molecule has 1 aliphatic rings. The fourth-order valence-corrected chi connectivity index (χ4v) is 2.86. The van der Waals surface area contributed by atoms with E-state index in [1.807, 2.05) is 12.1 Å². The highest BCUT2D eigenvalue weighted by atomic mass is 16.5. The molecular weight excluding hydrogens is 258 g/mol. The fraction of sp³-hybridized carbons (Fsp3) is 0.368. The molecule has 2 aromatic carbocycles. The van der Waals surface area contributed by atoms with Crippen molar-refractivity contribution in [1.82, 2.24) is 4.90 Å². The maximum absolute atomic E-state index is 5.91. The molecule has 1 aliphatic heterocycles. The third-order valence-electron chi connectivity index (χ3n) is 4.08. The van der Waals surface area contributed by atoms with Gasteiger partial charge in [0, 0.05) is 6.54 Å². The maximum atomic E-state index is 5.91. The first kappa shape index (κ1) is 14.2. The van der Waals surface area contributed by atoms with E-state index in [1.165, 1.54) is 37.1 Å². The lowest BCUT2D eigenvalue weighted by molar-refractivity contribution is 0.238. The highest BCUT2D eigenvalue weighted by molar-refractivity contribution is 5.67. The minimum atomic E-state index is 0.761. The van der Waals surface area contributed by atoms with E-state index < -0.39 is 0 Å². The van der Waals surface area contributed by atoms with Gasteiger partial charge < -0.3 is 4.74 Å². The Hall–Kier alpha value is -1.80. The summed E-state index contributed by atoms with van der Waals surface area (Å²) in [6.45, 7) is 6.36. The van der Waals surface area contributed by atoms with E-state index in [1.54, 1.807) is 0 Å². The molecule has 0 aromatic heterocycles. The topological polar surface area (TPSA) is 12.5 Å². The summed E-state index contributed by atoms with van der Waals surface area (Å²) < 4.78 is 5.91. The summed E-state index contributed by atoms with van der Waals surface area (Å²) in [5.74, 6) is 0.936. The predicted octanol–water partition coefficient (Wildman–Crippen LogP) is 3.94. The first-order valence-electron chi connectivity index (χ1n) is 7.76. The van der Waals surface area contributed by atoms with Crippen LogP contribution in [0.1, 0.15) is 18.4 Å². The third-order valence-corrected chi connectivity index (χ3v) is 4.08. The van der Waals surface area contributed by atoms with Crippen molar-refractivity contribution in [2.75, 3.05) is 26.2 Å². The van der Waals surface area contributed by atoms with Crippen LogP contribution in [0.5, 0.6) is 5.75 Å². The van der Waals surface area contributed by atoms with Crippen molar-refractivity contribution >= 4 is 0 Å². The van der Waals surface area contributed by atoms with Crippen LogP contribution in [0.2, 0.25) is 0 Å². The molecule has 1 heterocycles. The summed E-state index contributed by atoms with van der Waals surface area (Å²) in [6.07, 6.45) is 2.66. The fourth-order valence-electron chi connectivity index (χ4n) is 2.86. The standard InChI is InChI=1S/C19H22NO/c1-16-7-2-3-10-19(16)17-8-6-9-18(15-17)21-14-13-20-11-4-5-12-20/h2-3,6-7,9-10,15H,4-5,11-14H2,1H3. The highest BCUT2D eigenvalue weighted by Gasteiger charge is 2.11. The van der Waals surface area contributed by atoms with Gasteiger partial charge in [-0.1, -0.05) is 30.3 Å². The van der Waals surface area contributed by atoms with Gasteiger partial charge in [-0.05, 0) is 67.7 Å². The second-order valence-electron chi connectivity index (χ2n) is 5.65. The van der Waals surface area contributed by atoms with Crippen LogP contribution in [0.4, 0.5) is 0 Å². The van der Waals surface area contributed by atoms with Gasteiger partial charge in [-0.2, -0.15) is 0 Å². The van der Waals surface area contributed by atoms with Gasteiger partial charge in [0.05, 0.1) is 0 Å². The Labute approximate surface area is 127 Å². The Morgan fingerprint density at radius 3 is 2.76 bits per heavy atom. The number of aryl methyl sites for hydroxylation is 1. The molecule has 0 saturated carbocycles. The van der Waals surface area contributed by atoms with Gasteiger partial charge in [0.25, 0.3) is 0 Å². The largest absolute Gasteiger partial charge is 0.492 e. The third kappa shape index (κ3) is 3.64. The van der Waals surface area contributed by atoms with Crippen molar-refractivity contribution in [3.05, 3.63) is 54.1 Å². The van der Waals surface area contributed by atoms with E-state index in [0.717, 1.165) is 24.5 Å². The Morgan fingerprint density at radius 2 is 1.95 bits per heavy atom. The van der Waals surface area contributed by atoms with Crippen LogP contribution in [-0.4, -0.2) is 31.1 Å². The SMILES string of the molecule is Cc1ccccc1-c1[c]ccc(OCCN2CCCC2)c1. The second-order valence-corrected chi connectivity index (χ2v) is 5.65. The van der Waals surface area contributed by atoms with Crippen molar-refractivity contribution in [3.8, 4) is 16.9 Å². The Balaban J connectivity index is 1.64. The molecule has 2 nitrogen and oxygen atoms in total. The molecular formula is C19H22NO. The Bertz CT molecular complexity index is 588. The first-order chi connectivity index (χ1) is 10.3. The summed E-state index contributed by atoms with van der Waals surface area (Å²) in [4.78, 5) is 2.47. The molecule has 0 N–H and O–H groups in total. The van der Waals surface area contributed by atoms with E-state index >= 15 is 0 Å². The number of hydrogen-bond acceptors (Lipinski definition) is 2. The molecule has 1 fully saturated rings. The van der Waals surface area contributed by atoms with Crippen LogP contribution in [-0.2, 0) is 0 Å². The van der Waals surface area contributed by atoms with Gasteiger partial charge in [0.1, 0.15) is 12.4 Å². The van der Waals surface area contributed by atoms with Crippen LogP contribution in [0.25, 0.3) is 11.1 Å². The molecule has 0 atom stereocenters. The van der Waals surface area contributed by atoms with Gasteiger partial charge in [0.15, 0.2) is 0 Å². The zero-order valence-corrected chi connectivity index (χ0v) is 12.6. The van der Waals surface area contributed by atoms with Crippen molar-refractivity contribution in [2.45, 2.75) is 19.8 Å². The van der Waals surface area contributed by atoms with Crippen molar-refractivity contribution < 1.29 is 4.74 Å². The van der Waals surface area contributed by atoms with E-state index in [0.29, 0.717) is 0 Å². The predicted molar refractivity (Wildman–Crippen MR) is 86.6 cm³/mol. The van der Waals surface area contributed by atoms with E-state index in [-0.39, 0.29) is 0 Å². The molecule has 0 unspecified atom stereocenters. The molecule has 109 valence electrons. The summed E-state index contributed by atoms with van der Waals surface area (Å²) in [6, 6.07) is 17.7. The number of benzene rings is 2. The minimum absolute atomic E-state index is 0.761. The van der Waals surface area contributed by atoms with Crippen LogP contribution >= 0.6 is 0 Å². The highest BCUT2D eigenvalue weighted by Crippen LogP contribution is 2.26. The molecule has 0 bridgehead atoms. The van der Waals surface area contributed by atoms with Crippen LogP contribution in [0.15, 0.2) is 42.5 Å². The summed E-state index contributed by atoms with van der Waals surface area (Å²) in [7, 11) is 0. The molecule has 21 heavy (non-hydrogen) atoms. The summed E-state index contributed by atoms with van der Waals surface area (Å²) in [5.41, 5.74) is 3.59. The van der Waals surface area contributed by atoms with Gasteiger partial charge in [-0.15, -0.1) is 0 Å². The van der Waals surface area contributed by atoms with Crippen molar-refractivity contribution in [3.63, 3.8) is 0 Å². The average molecular weight is 280 g/mol. The van der Waals surface area contributed by atoms with E-state index in [4.69, 9.17) is 4.74 Å². The molecule has 0 aliphatic carbocycles. The number of rotatable bonds is 5. The molecule has 1 saturated heterocycles. The lowest BCUT2D eigenvalue weighted by Gasteiger charge is -2.15. The van der Waals surface area contributed by atoms with E-state index in [9.17, 15) is 0 Å². The Kier molecular flexibility index (Phi) is 4.56. The molecule has 0 spiro atoms. The molecule has 2 heteroatoms. The zero-order valence-electron chi connectivity index (χ0n) is 12.6. The van der Waals surface area contributed by atoms with Crippen LogP contribution < -0.4 is 4.74 Å². The number of likely N-dealkylation sites (tertiary alicyclic amines) is 1. The normalized spacial score (nSPS) is 15.3. The minimum Gasteiger partial charge on any atom is -0.492 e. The van der Waals surface area contributed by atoms with Crippen LogP contribution in [0.3, 0.4) is 0 Å². The monoisotopic (exact) mass is 280 g/mol. The van der Waals surface area contributed by atoms with Gasteiger partial charge >= 0.3 is 0 Å². The number of nitrogens with zero attached hydrogens (tertiary/aromatic N) is 1. The summed E-state index contributed by atoms with van der Waals surface area (Å²) >= 11 is 0. The first-order valence-corrected chi connectivity index (χ1v) is 7.76. The molecule has 3 rings (SSSR count). The van der Waals surface area contributed by atoms with Crippen LogP contribution in [0, 0.1) is 13.0 Å². The van der Waals surface area contributed by atoms with Crippen molar-refractivity contribution in [2.24, 2.45) is 0 Å². The maximum Gasteiger partial charge on any atom is 0.120 e. The second kappa shape index (κ2) is 6.77. The van der Waals surface area contributed by atoms with Gasteiger partial charge in [-0.25, -0.2) is 0 Å². The number of hydrogen-bond donors (Lipinski definition) is 0. The van der Waals surface area contributed by atoms with Gasteiger partial charge in [-0.3, -0.25) is 4.90 Å². The quantitative estimate of drug-likeness (QED) is 0.822. The van der Waals surface area contributed by atoms with Crippen molar-refractivity contribution in [1.29, 1.82) is 0 Å². The summed E-state index contributed by atoms with van der Waals surface area (Å²) in [5, 5.41) is 0. The molecule has 0 amide bonds. The Morgan fingerprint density at radius 1 is 1.14 bits per heavy atom. The number of ether oxygens (including phenoxy) is 1. The lowest BCUT2D eigenvalue weighted by Crippen LogP contribution is -2.25. The molecule has 2 aromatic rings. The zero-order chi connectivity index (χ0) is 14.5. The van der Waals surface area contributed by atoms with Gasteiger partial charge in [0.2, 0.25) is 0 Å². The average Bonchev–Trinajstić information content (AvgIpc) is 3.01.